The number of halogens is 2. The van der Waals surface area contributed by atoms with Crippen molar-refractivity contribution >= 4 is 17.9 Å². The van der Waals surface area contributed by atoms with Gasteiger partial charge < -0.3 is 9.57 Å². The quantitative estimate of drug-likeness (QED) is 0.774. The molecule has 0 atom stereocenters. The summed E-state index contributed by atoms with van der Waals surface area (Å²) in [5.74, 6) is -1.47. The molecule has 4 rings (SSSR count). The molecule has 2 aliphatic heterocycles. The Morgan fingerprint density at radius 1 is 1.22 bits per heavy atom. The second kappa shape index (κ2) is 8.80. The SMILES string of the molecule is N#Cc1ccccc1CN1CC2(CCN(OC(=O)Nc3cc(F)ccc3F)CC2)OC1=O. The Balaban J connectivity index is 1.31. The minimum absolute atomic E-state index is 0.270. The third kappa shape index (κ3) is 4.63. The summed E-state index contributed by atoms with van der Waals surface area (Å²) in [6.07, 6.45) is -0.539. The van der Waals surface area contributed by atoms with Gasteiger partial charge in [-0.15, -0.1) is 5.06 Å². The normalized spacial score (nSPS) is 17.7. The van der Waals surface area contributed by atoms with E-state index in [0.29, 0.717) is 38.0 Å². The number of nitriles is 1. The van der Waals surface area contributed by atoms with Crippen molar-refractivity contribution in [3.8, 4) is 6.07 Å². The molecule has 10 heteroatoms. The van der Waals surface area contributed by atoms with Crippen LogP contribution in [0.2, 0.25) is 0 Å². The van der Waals surface area contributed by atoms with E-state index in [1.807, 2.05) is 6.07 Å². The molecule has 0 aromatic heterocycles. The number of ether oxygens (including phenoxy) is 1. The molecule has 2 fully saturated rings. The maximum absolute atomic E-state index is 13.7. The maximum Gasteiger partial charge on any atom is 0.430 e. The highest BCUT2D eigenvalue weighted by Gasteiger charge is 2.47. The molecule has 0 unspecified atom stereocenters. The van der Waals surface area contributed by atoms with Gasteiger partial charge in [0.2, 0.25) is 0 Å². The number of nitrogens with zero attached hydrogens (tertiary/aromatic N) is 3. The molecular weight excluding hydrogens is 422 g/mol. The van der Waals surface area contributed by atoms with Crippen molar-refractivity contribution in [2.45, 2.75) is 25.0 Å². The van der Waals surface area contributed by atoms with E-state index in [9.17, 15) is 23.6 Å². The summed E-state index contributed by atoms with van der Waals surface area (Å²) in [7, 11) is 0. The molecule has 1 spiro atoms. The van der Waals surface area contributed by atoms with E-state index in [-0.39, 0.29) is 12.2 Å². The first-order valence-electron chi connectivity index (χ1n) is 10.0. The van der Waals surface area contributed by atoms with Gasteiger partial charge >= 0.3 is 12.2 Å². The van der Waals surface area contributed by atoms with Gasteiger partial charge in [-0.1, -0.05) is 18.2 Å². The second-order valence-electron chi connectivity index (χ2n) is 7.73. The molecule has 2 aromatic carbocycles. The topological polar surface area (TPSA) is 94.9 Å². The Hall–Kier alpha value is -3.71. The molecule has 2 aliphatic rings. The number of hydrogen-bond acceptors (Lipinski definition) is 6. The fraction of sp³-hybridized carbons (Fsp3) is 0.318. The van der Waals surface area contributed by atoms with Crippen LogP contribution < -0.4 is 5.32 Å². The summed E-state index contributed by atoms with van der Waals surface area (Å²) >= 11 is 0. The summed E-state index contributed by atoms with van der Waals surface area (Å²) in [6.45, 7) is 1.23. The number of piperidine rings is 1. The van der Waals surface area contributed by atoms with Gasteiger partial charge in [0.1, 0.15) is 17.2 Å². The number of benzene rings is 2. The number of hydrogen-bond donors (Lipinski definition) is 1. The molecule has 2 heterocycles. The number of amides is 2. The Kier molecular flexibility index (Phi) is 5.92. The lowest BCUT2D eigenvalue weighted by Crippen LogP contribution is -2.47. The van der Waals surface area contributed by atoms with E-state index in [4.69, 9.17) is 9.57 Å². The molecule has 0 bridgehead atoms. The predicted octanol–water partition coefficient (Wildman–Crippen LogP) is 3.79. The molecule has 2 amide bonds. The minimum Gasteiger partial charge on any atom is -0.441 e. The van der Waals surface area contributed by atoms with E-state index in [1.54, 1.807) is 23.1 Å². The summed E-state index contributed by atoms with van der Waals surface area (Å²) in [4.78, 5) is 31.2. The van der Waals surface area contributed by atoms with Crippen LogP contribution in [0.5, 0.6) is 0 Å². The Bertz CT molecular complexity index is 1080. The van der Waals surface area contributed by atoms with Crippen molar-refractivity contribution in [3.63, 3.8) is 0 Å². The van der Waals surface area contributed by atoms with E-state index in [0.717, 1.165) is 23.8 Å². The monoisotopic (exact) mass is 442 g/mol. The van der Waals surface area contributed by atoms with Crippen molar-refractivity contribution in [1.29, 1.82) is 5.26 Å². The van der Waals surface area contributed by atoms with Crippen LogP contribution in [-0.4, -0.2) is 47.4 Å². The van der Waals surface area contributed by atoms with Crippen LogP contribution in [0.3, 0.4) is 0 Å². The number of carbonyl (C=O) groups is 2. The third-order valence-corrected chi connectivity index (χ3v) is 5.55. The van der Waals surface area contributed by atoms with Crippen LogP contribution in [0.15, 0.2) is 42.5 Å². The fourth-order valence-electron chi connectivity index (χ4n) is 3.88. The number of rotatable bonds is 4. The van der Waals surface area contributed by atoms with Crippen molar-refractivity contribution in [2.75, 3.05) is 25.0 Å². The molecule has 0 saturated carbocycles. The lowest BCUT2D eigenvalue weighted by atomic mass is 9.92. The van der Waals surface area contributed by atoms with Crippen LogP contribution in [0.1, 0.15) is 24.0 Å². The zero-order valence-corrected chi connectivity index (χ0v) is 17.0. The fourth-order valence-corrected chi connectivity index (χ4v) is 3.88. The summed E-state index contributed by atoms with van der Waals surface area (Å²) < 4.78 is 32.6. The van der Waals surface area contributed by atoms with Gasteiger partial charge in [-0.05, 0) is 23.8 Å². The summed E-state index contributed by atoms with van der Waals surface area (Å²) in [6, 6.07) is 11.9. The van der Waals surface area contributed by atoms with Crippen molar-refractivity contribution in [1.82, 2.24) is 9.96 Å². The molecule has 8 nitrogen and oxygen atoms in total. The van der Waals surface area contributed by atoms with Crippen LogP contribution in [0.4, 0.5) is 24.1 Å². The molecule has 166 valence electrons. The number of nitrogens with one attached hydrogen (secondary N) is 1. The minimum atomic E-state index is -0.941. The smallest absolute Gasteiger partial charge is 0.430 e. The van der Waals surface area contributed by atoms with Crippen LogP contribution >= 0.6 is 0 Å². The molecule has 2 saturated heterocycles. The van der Waals surface area contributed by atoms with Gasteiger partial charge in [0.15, 0.2) is 0 Å². The second-order valence-corrected chi connectivity index (χ2v) is 7.73. The molecule has 1 N–H and O–H groups in total. The number of anilines is 1. The molecular formula is C22H20F2N4O4. The van der Waals surface area contributed by atoms with E-state index >= 15 is 0 Å². The predicted molar refractivity (Wildman–Crippen MR) is 108 cm³/mol. The number of carbonyl (C=O) groups excluding carboxylic acids is 2. The third-order valence-electron chi connectivity index (χ3n) is 5.55. The first-order chi connectivity index (χ1) is 15.4. The Morgan fingerprint density at radius 3 is 2.72 bits per heavy atom. The highest BCUT2D eigenvalue weighted by atomic mass is 19.1. The first kappa shape index (κ1) is 21.5. The summed E-state index contributed by atoms with van der Waals surface area (Å²) in [5.41, 5.74) is 0.224. The van der Waals surface area contributed by atoms with Crippen LogP contribution in [0, 0.1) is 23.0 Å². The molecule has 0 aliphatic carbocycles. The van der Waals surface area contributed by atoms with Gasteiger partial charge in [0.05, 0.1) is 30.4 Å². The van der Waals surface area contributed by atoms with Crippen LogP contribution in [0.25, 0.3) is 0 Å². The Labute approximate surface area is 182 Å². The largest absolute Gasteiger partial charge is 0.441 e. The van der Waals surface area contributed by atoms with Gasteiger partial charge in [0.25, 0.3) is 0 Å². The van der Waals surface area contributed by atoms with E-state index in [1.165, 1.54) is 5.06 Å². The van der Waals surface area contributed by atoms with Crippen LogP contribution in [-0.2, 0) is 16.1 Å². The molecule has 32 heavy (non-hydrogen) atoms. The van der Waals surface area contributed by atoms with E-state index < -0.39 is 29.4 Å². The Morgan fingerprint density at radius 2 is 1.97 bits per heavy atom. The highest BCUT2D eigenvalue weighted by Crippen LogP contribution is 2.34. The van der Waals surface area contributed by atoms with E-state index in [2.05, 4.69) is 11.4 Å². The van der Waals surface area contributed by atoms with Gasteiger partial charge in [0, 0.05) is 32.0 Å². The molecule has 0 radical (unpaired) electrons. The van der Waals surface area contributed by atoms with Gasteiger partial charge in [-0.25, -0.2) is 18.4 Å². The van der Waals surface area contributed by atoms with Crippen molar-refractivity contribution in [3.05, 3.63) is 65.2 Å². The highest BCUT2D eigenvalue weighted by molar-refractivity contribution is 5.84. The lowest BCUT2D eigenvalue weighted by molar-refractivity contribution is -0.138. The van der Waals surface area contributed by atoms with Crippen molar-refractivity contribution in [2.24, 2.45) is 0 Å². The zero-order chi connectivity index (χ0) is 22.7. The van der Waals surface area contributed by atoms with Gasteiger partial charge in [-0.3, -0.25) is 10.2 Å². The van der Waals surface area contributed by atoms with Gasteiger partial charge in [-0.2, -0.15) is 5.26 Å². The van der Waals surface area contributed by atoms with Crippen molar-refractivity contribution < 1.29 is 27.9 Å². The number of hydroxylamine groups is 2. The average Bonchev–Trinajstić information content (AvgIpc) is 3.07. The maximum atomic E-state index is 13.7. The zero-order valence-electron chi connectivity index (χ0n) is 17.0. The average molecular weight is 442 g/mol. The standard InChI is InChI=1S/C22H20F2N4O4/c23-17-5-6-18(24)19(11-17)26-20(29)32-28-9-7-22(8-10-28)14-27(21(30)31-22)13-16-4-2-1-3-15(16)12-25/h1-6,11H,7-10,13-14H2,(H,26,29). The molecule has 2 aromatic rings. The summed E-state index contributed by atoms with van der Waals surface area (Å²) in [5, 5.41) is 12.8. The lowest BCUT2D eigenvalue weighted by Gasteiger charge is -2.36. The first-order valence-corrected chi connectivity index (χ1v) is 10.0.